The number of benzene rings is 1. The van der Waals surface area contributed by atoms with Gasteiger partial charge in [0.25, 0.3) is 0 Å². The van der Waals surface area contributed by atoms with Gasteiger partial charge in [-0.2, -0.15) is 0 Å². The van der Waals surface area contributed by atoms with Crippen LogP contribution in [0.3, 0.4) is 0 Å². The Bertz CT molecular complexity index is 464. The van der Waals surface area contributed by atoms with Crippen LogP contribution in [0, 0.1) is 0 Å². The average molecular weight is 324 g/mol. The number of hydrogen-bond donors (Lipinski definition) is 1. The normalized spacial score (nSPS) is 17.4. The van der Waals surface area contributed by atoms with Crippen molar-refractivity contribution in [3.8, 4) is 5.75 Å². The second kappa shape index (κ2) is 6.10. The van der Waals surface area contributed by atoms with Gasteiger partial charge >= 0.3 is 0 Å². The molecule has 3 heteroatoms. The van der Waals surface area contributed by atoms with Crippen LogP contribution in [-0.2, 0) is 5.41 Å². The van der Waals surface area contributed by atoms with Gasteiger partial charge in [-0.1, -0.05) is 25.5 Å². The minimum Gasteiger partial charge on any atom is -0.488 e. The van der Waals surface area contributed by atoms with E-state index in [-0.39, 0.29) is 5.41 Å². The molecule has 1 aliphatic rings. The second-order valence-electron chi connectivity index (χ2n) is 5.58. The molecule has 19 heavy (non-hydrogen) atoms. The van der Waals surface area contributed by atoms with Crippen molar-refractivity contribution in [2.24, 2.45) is 5.73 Å². The standard InChI is InChI=1S/C16H22BrNO/c1-12(2)10-19-15-6-5-13(9-14(15)17)16(11-18)7-3-4-8-16/h5-6,9H,1,3-4,7-8,10-11,18H2,2H3. The molecule has 2 rings (SSSR count). The Labute approximate surface area is 124 Å². The molecule has 104 valence electrons. The molecule has 0 saturated heterocycles. The van der Waals surface area contributed by atoms with Crippen LogP contribution in [0.5, 0.6) is 5.75 Å². The van der Waals surface area contributed by atoms with E-state index < -0.39 is 0 Å². The van der Waals surface area contributed by atoms with Gasteiger partial charge in [0.2, 0.25) is 0 Å². The molecule has 1 aromatic carbocycles. The number of rotatable bonds is 5. The highest BCUT2D eigenvalue weighted by molar-refractivity contribution is 9.10. The lowest BCUT2D eigenvalue weighted by molar-refractivity contribution is 0.349. The third kappa shape index (κ3) is 3.21. The lowest BCUT2D eigenvalue weighted by Gasteiger charge is -2.28. The van der Waals surface area contributed by atoms with Crippen LogP contribution in [0.4, 0.5) is 0 Å². The number of nitrogens with two attached hydrogens (primary N) is 1. The average Bonchev–Trinajstić information content (AvgIpc) is 2.87. The zero-order valence-electron chi connectivity index (χ0n) is 11.5. The first kappa shape index (κ1) is 14.6. The second-order valence-corrected chi connectivity index (χ2v) is 6.44. The van der Waals surface area contributed by atoms with Gasteiger partial charge < -0.3 is 10.5 Å². The molecule has 0 unspecified atom stereocenters. The lowest BCUT2D eigenvalue weighted by atomic mass is 9.79. The Hall–Kier alpha value is -0.800. The first-order valence-corrected chi connectivity index (χ1v) is 7.64. The monoisotopic (exact) mass is 323 g/mol. The third-order valence-electron chi connectivity index (χ3n) is 3.97. The summed E-state index contributed by atoms with van der Waals surface area (Å²) in [6, 6.07) is 6.38. The molecule has 1 fully saturated rings. The molecule has 0 atom stereocenters. The number of halogens is 1. The highest BCUT2D eigenvalue weighted by Crippen LogP contribution is 2.42. The number of ether oxygens (including phenoxy) is 1. The molecule has 2 N–H and O–H groups in total. The maximum Gasteiger partial charge on any atom is 0.133 e. The fourth-order valence-electron chi connectivity index (χ4n) is 2.81. The van der Waals surface area contributed by atoms with Gasteiger partial charge in [-0.25, -0.2) is 0 Å². The van der Waals surface area contributed by atoms with E-state index in [1.165, 1.54) is 31.2 Å². The van der Waals surface area contributed by atoms with Crippen LogP contribution in [0.2, 0.25) is 0 Å². The van der Waals surface area contributed by atoms with Gasteiger partial charge in [0.15, 0.2) is 0 Å². The Kier molecular flexibility index (Phi) is 4.69. The molecule has 0 aliphatic heterocycles. The first-order valence-electron chi connectivity index (χ1n) is 6.85. The van der Waals surface area contributed by atoms with E-state index in [9.17, 15) is 0 Å². The van der Waals surface area contributed by atoms with Crippen molar-refractivity contribution in [2.75, 3.05) is 13.2 Å². The summed E-state index contributed by atoms with van der Waals surface area (Å²) in [4.78, 5) is 0. The summed E-state index contributed by atoms with van der Waals surface area (Å²) >= 11 is 3.60. The van der Waals surface area contributed by atoms with E-state index >= 15 is 0 Å². The zero-order valence-corrected chi connectivity index (χ0v) is 13.1. The van der Waals surface area contributed by atoms with Crippen LogP contribution in [0.1, 0.15) is 38.2 Å². The quantitative estimate of drug-likeness (QED) is 0.825. The topological polar surface area (TPSA) is 35.2 Å². The van der Waals surface area contributed by atoms with Gasteiger partial charge in [0, 0.05) is 12.0 Å². The summed E-state index contributed by atoms with van der Waals surface area (Å²) in [7, 11) is 0. The first-order chi connectivity index (χ1) is 9.07. The number of hydrogen-bond acceptors (Lipinski definition) is 2. The zero-order chi connectivity index (χ0) is 13.9. The van der Waals surface area contributed by atoms with E-state index in [0.29, 0.717) is 6.61 Å². The van der Waals surface area contributed by atoms with E-state index in [1.807, 2.05) is 13.0 Å². The molecule has 0 bridgehead atoms. The van der Waals surface area contributed by atoms with E-state index in [0.717, 1.165) is 22.3 Å². The summed E-state index contributed by atoms with van der Waals surface area (Å²) in [6.07, 6.45) is 4.95. The Morgan fingerprint density at radius 3 is 2.63 bits per heavy atom. The van der Waals surface area contributed by atoms with Crippen LogP contribution < -0.4 is 10.5 Å². The fourth-order valence-corrected chi connectivity index (χ4v) is 3.30. The maximum absolute atomic E-state index is 6.03. The summed E-state index contributed by atoms with van der Waals surface area (Å²) in [6.45, 7) is 7.09. The van der Waals surface area contributed by atoms with Crippen LogP contribution in [0.15, 0.2) is 34.8 Å². The van der Waals surface area contributed by atoms with Crippen LogP contribution in [-0.4, -0.2) is 13.2 Å². The van der Waals surface area contributed by atoms with Crippen molar-refractivity contribution in [2.45, 2.75) is 38.0 Å². The predicted molar refractivity (Wildman–Crippen MR) is 83.7 cm³/mol. The van der Waals surface area contributed by atoms with Gasteiger partial charge in [0.05, 0.1) is 4.47 Å². The molecule has 0 spiro atoms. The maximum atomic E-state index is 6.03. The summed E-state index contributed by atoms with van der Waals surface area (Å²) in [5.74, 6) is 0.872. The van der Waals surface area contributed by atoms with Gasteiger partial charge in [-0.05, 0) is 59.0 Å². The molecule has 2 nitrogen and oxygen atoms in total. The van der Waals surface area contributed by atoms with Crippen molar-refractivity contribution >= 4 is 15.9 Å². The van der Waals surface area contributed by atoms with Crippen LogP contribution in [0.25, 0.3) is 0 Å². The van der Waals surface area contributed by atoms with Crippen molar-refractivity contribution in [3.63, 3.8) is 0 Å². The summed E-state index contributed by atoms with van der Waals surface area (Å²) < 4.78 is 6.71. The molecule has 0 radical (unpaired) electrons. The molecule has 0 aromatic heterocycles. The minimum atomic E-state index is 0.176. The lowest BCUT2D eigenvalue weighted by Crippen LogP contribution is -2.31. The largest absolute Gasteiger partial charge is 0.488 e. The molecular weight excluding hydrogens is 302 g/mol. The Morgan fingerprint density at radius 1 is 1.42 bits per heavy atom. The summed E-state index contributed by atoms with van der Waals surface area (Å²) in [5, 5.41) is 0. The van der Waals surface area contributed by atoms with E-state index in [4.69, 9.17) is 10.5 Å². The van der Waals surface area contributed by atoms with Crippen molar-refractivity contribution in [1.82, 2.24) is 0 Å². The van der Waals surface area contributed by atoms with Gasteiger partial charge in [0.1, 0.15) is 12.4 Å². The van der Waals surface area contributed by atoms with Gasteiger partial charge in [-0.15, -0.1) is 0 Å². The van der Waals surface area contributed by atoms with E-state index in [1.54, 1.807) is 0 Å². The van der Waals surface area contributed by atoms with Crippen molar-refractivity contribution in [3.05, 3.63) is 40.4 Å². The van der Waals surface area contributed by atoms with E-state index in [2.05, 4.69) is 34.6 Å². The van der Waals surface area contributed by atoms with Gasteiger partial charge in [-0.3, -0.25) is 0 Å². The Morgan fingerprint density at radius 2 is 2.11 bits per heavy atom. The molecule has 0 amide bonds. The van der Waals surface area contributed by atoms with Crippen molar-refractivity contribution in [1.29, 1.82) is 0 Å². The molecular formula is C16H22BrNO. The van der Waals surface area contributed by atoms with Crippen LogP contribution >= 0.6 is 15.9 Å². The minimum absolute atomic E-state index is 0.176. The fraction of sp³-hybridized carbons (Fsp3) is 0.500. The molecule has 1 aromatic rings. The Balaban J connectivity index is 2.20. The summed E-state index contributed by atoms with van der Waals surface area (Å²) in [5.41, 5.74) is 8.56. The SMILES string of the molecule is C=C(C)COc1ccc(C2(CN)CCCC2)cc1Br. The predicted octanol–water partition coefficient (Wildman–Crippen LogP) is 4.17. The highest BCUT2D eigenvalue weighted by Gasteiger charge is 2.34. The highest BCUT2D eigenvalue weighted by atomic mass is 79.9. The molecule has 1 aliphatic carbocycles. The smallest absolute Gasteiger partial charge is 0.133 e. The third-order valence-corrected chi connectivity index (χ3v) is 4.59. The molecule has 1 saturated carbocycles. The molecule has 0 heterocycles. The van der Waals surface area contributed by atoms with Crippen molar-refractivity contribution < 1.29 is 4.74 Å².